The van der Waals surface area contributed by atoms with Crippen LogP contribution < -0.4 is 15.4 Å². The predicted molar refractivity (Wildman–Crippen MR) is 97.1 cm³/mol. The van der Waals surface area contributed by atoms with Crippen LogP contribution in [0.25, 0.3) is 0 Å². The Hall–Kier alpha value is -3.31. The maximum Gasteiger partial charge on any atom is 0.282 e. The van der Waals surface area contributed by atoms with E-state index < -0.39 is 32.4 Å². The number of sulfonamides is 1. The molecule has 0 aliphatic heterocycles. The van der Waals surface area contributed by atoms with Crippen LogP contribution in [0.5, 0.6) is 0 Å². The Morgan fingerprint density at radius 1 is 1.00 bits per heavy atom. The molecule has 0 unspecified atom stereocenters. The third-order valence-electron chi connectivity index (χ3n) is 3.63. The van der Waals surface area contributed by atoms with Crippen LogP contribution in [0.4, 0.5) is 11.4 Å². The maximum atomic E-state index is 12.5. The highest BCUT2D eigenvalue weighted by molar-refractivity contribution is 7.89. The summed E-state index contributed by atoms with van der Waals surface area (Å²) in [6.07, 6.45) is 0. The lowest BCUT2D eigenvalue weighted by Gasteiger charge is -2.10. The van der Waals surface area contributed by atoms with E-state index in [-0.39, 0.29) is 21.7 Å². The number of anilines is 1. The van der Waals surface area contributed by atoms with Gasteiger partial charge in [0, 0.05) is 18.8 Å². The summed E-state index contributed by atoms with van der Waals surface area (Å²) in [7, 11) is -1.06. The minimum atomic E-state index is -3.62. The minimum Gasteiger partial charge on any atom is -0.355 e. The van der Waals surface area contributed by atoms with Crippen molar-refractivity contribution in [3.63, 3.8) is 0 Å². The van der Waals surface area contributed by atoms with Gasteiger partial charge in [-0.15, -0.1) is 0 Å². The van der Waals surface area contributed by atoms with Gasteiger partial charge in [-0.3, -0.25) is 19.7 Å². The molecule has 0 fully saturated rings. The van der Waals surface area contributed by atoms with Crippen LogP contribution in [0.3, 0.4) is 0 Å². The Labute approximate surface area is 154 Å². The first kappa shape index (κ1) is 20.0. The van der Waals surface area contributed by atoms with E-state index in [0.29, 0.717) is 0 Å². The molecule has 2 aromatic rings. The van der Waals surface area contributed by atoms with Crippen molar-refractivity contribution in [3.8, 4) is 0 Å². The second-order valence-corrected chi connectivity index (χ2v) is 7.11. The SMILES string of the molecule is CNC(=O)c1c(C(=O)Nc2ccc(S(=O)(=O)NC)cc2)cccc1[N+](=O)[O-]. The van der Waals surface area contributed by atoms with Crippen molar-refractivity contribution in [2.45, 2.75) is 4.90 Å². The Morgan fingerprint density at radius 2 is 1.63 bits per heavy atom. The molecule has 3 N–H and O–H groups in total. The first-order valence-corrected chi connectivity index (χ1v) is 9.04. The fourth-order valence-corrected chi connectivity index (χ4v) is 3.01. The highest BCUT2D eigenvalue weighted by atomic mass is 32.2. The summed E-state index contributed by atoms with van der Waals surface area (Å²) in [5.74, 6) is -1.52. The summed E-state index contributed by atoms with van der Waals surface area (Å²) >= 11 is 0. The van der Waals surface area contributed by atoms with Crippen molar-refractivity contribution in [3.05, 3.63) is 63.7 Å². The van der Waals surface area contributed by atoms with Gasteiger partial charge < -0.3 is 10.6 Å². The Kier molecular flexibility index (Phi) is 5.88. The van der Waals surface area contributed by atoms with Crippen LogP contribution >= 0.6 is 0 Å². The van der Waals surface area contributed by atoms with E-state index >= 15 is 0 Å². The fourth-order valence-electron chi connectivity index (χ4n) is 2.28. The van der Waals surface area contributed by atoms with Gasteiger partial charge in [0.25, 0.3) is 17.5 Å². The molecule has 27 heavy (non-hydrogen) atoms. The van der Waals surface area contributed by atoms with E-state index in [1.807, 2.05) is 0 Å². The van der Waals surface area contributed by atoms with Crippen LogP contribution in [-0.2, 0) is 10.0 Å². The number of hydrogen-bond donors (Lipinski definition) is 3. The molecule has 0 saturated heterocycles. The van der Waals surface area contributed by atoms with Gasteiger partial charge >= 0.3 is 0 Å². The smallest absolute Gasteiger partial charge is 0.282 e. The topological polar surface area (TPSA) is 148 Å². The lowest BCUT2D eigenvalue weighted by atomic mass is 10.0. The summed E-state index contributed by atoms with van der Waals surface area (Å²) in [4.78, 5) is 35.0. The monoisotopic (exact) mass is 392 g/mol. The van der Waals surface area contributed by atoms with Crippen molar-refractivity contribution in [1.82, 2.24) is 10.0 Å². The molecular formula is C16H16N4O6S. The van der Waals surface area contributed by atoms with Gasteiger partial charge in [0.1, 0.15) is 5.56 Å². The van der Waals surface area contributed by atoms with Crippen molar-refractivity contribution < 1.29 is 22.9 Å². The summed E-state index contributed by atoms with van der Waals surface area (Å²) in [5, 5.41) is 15.9. The molecule has 0 aliphatic rings. The Bertz CT molecular complexity index is 1000. The standard InChI is InChI=1S/C16H16N4O6S/c1-17-16(22)14-12(4-3-5-13(14)20(23)24)15(21)19-10-6-8-11(9-7-10)27(25,26)18-2/h3-9,18H,1-2H3,(H,17,22)(H,19,21). The van der Waals surface area contributed by atoms with E-state index in [2.05, 4.69) is 15.4 Å². The van der Waals surface area contributed by atoms with Crippen LogP contribution in [0.15, 0.2) is 47.4 Å². The number of carbonyl (C=O) groups is 2. The van der Waals surface area contributed by atoms with Crippen molar-refractivity contribution in [2.75, 3.05) is 19.4 Å². The maximum absolute atomic E-state index is 12.5. The molecule has 142 valence electrons. The van der Waals surface area contributed by atoms with Gasteiger partial charge in [-0.1, -0.05) is 6.07 Å². The van der Waals surface area contributed by atoms with Gasteiger partial charge in [-0.2, -0.15) is 0 Å². The molecule has 2 rings (SSSR count). The fraction of sp³-hybridized carbons (Fsp3) is 0.125. The highest BCUT2D eigenvalue weighted by Crippen LogP contribution is 2.23. The van der Waals surface area contributed by atoms with Crippen LogP contribution in [-0.4, -0.2) is 39.3 Å². The van der Waals surface area contributed by atoms with Crippen LogP contribution in [0.1, 0.15) is 20.7 Å². The van der Waals surface area contributed by atoms with Crippen molar-refractivity contribution in [1.29, 1.82) is 0 Å². The first-order valence-electron chi connectivity index (χ1n) is 7.55. The molecule has 0 aliphatic carbocycles. The highest BCUT2D eigenvalue weighted by Gasteiger charge is 2.26. The molecule has 0 spiro atoms. The minimum absolute atomic E-state index is 0.00407. The number of carbonyl (C=O) groups excluding carboxylic acids is 2. The predicted octanol–water partition coefficient (Wildman–Crippen LogP) is 1.11. The summed E-state index contributed by atoms with van der Waals surface area (Å²) in [6, 6.07) is 8.99. The Balaban J connectivity index is 2.38. The number of amides is 2. The molecule has 0 bridgehead atoms. The molecular weight excluding hydrogens is 376 g/mol. The number of benzene rings is 2. The van der Waals surface area contributed by atoms with Crippen LogP contribution in [0.2, 0.25) is 0 Å². The molecule has 0 aromatic heterocycles. The zero-order valence-corrected chi connectivity index (χ0v) is 15.2. The van der Waals surface area contributed by atoms with Gasteiger partial charge in [-0.05, 0) is 37.4 Å². The van der Waals surface area contributed by atoms with E-state index in [1.165, 1.54) is 50.5 Å². The lowest BCUT2D eigenvalue weighted by molar-refractivity contribution is -0.385. The van der Waals surface area contributed by atoms with Gasteiger partial charge in [0.15, 0.2) is 0 Å². The average Bonchev–Trinajstić information content (AvgIpc) is 2.67. The number of nitrogens with zero attached hydrogens (tertiary/aromatic N) is 1. The normalized spacial score (nSPS) is 10.9. The van der Waals surface area contributed by atoms with E-state index in [0.717, 1.165) is 6.07 Å². The number of hydrogen-bond acceptors (Lipinski definition) is 6. The van der Waals surface area contributed by atoms with E-state index in [1.54, 1.807) is 0 Å². The molecule has 0 saturated carbocycles. The quantitative estimate of drug-likeness (QED) is 0.495. The zero-order valence-electron chi connectivity index (χ0n) is 14.3. The van der Waals surface area contributed by atoms with Crippen molar-refractivity contribution in [2.24, 2.45) is 0 Å². The summed E-state index contributed by atoms with van der Waals surface area (Å²) < 4.78 is 25.6. The zero-order chi connectivity index (χ0) is 20.2. The molecule has 10 nitrogen and oxygen atoms in total. The third-order valence-corrected chi connectivity index (χ3v) is 5.06. The van der Waals surface area contributed by atoms with Crippen LogP contribution in [0, 0.1) is 10.1 Å². The number of nitrogens with one attached hydrogen (secondary N) is 3. The van der Waals surface area contributed by atoms with E-state index in [4.69, 9.17) is 0 Å². The van der Waals surface area contributed by atoms with Gasteiger partial charge in [0.05, 0.1) is 15.4 Å². The molecule has 0 radical (unpaired) electrons. The second-order valence-electron chi connectivity index (χ2n) is 5.22. The summed E-state index contributed by atoms with van der Waals surface area (Å²) in [5.41, 5.74) is -0.797. The average molecular weight is 392 g/mol. The molecule has 0 heterocycles. The van der Waals surface area contributed by atoms with Crippen molar-refractivity contribution >= 4 is 33.2 Å². The largest absolute Gasteiger partial charge is 0.355 e. The molecule has 2 aromatic carbocycles. The number of rotatable bonds is 6. The van der Waals surface area contributed by atoms with E-state index in [9.17, 15) is 28.1 Å². The Morgan fingerprint density at radius 3 is 2.15 bits per heavy atom. The van der Waals surface area contributed by atoms with Gasteiger partial charge in [0.2, 0.25) is 10.0 Å². The number of nitro groups is 1. The third kappa shape index (κ3) is 4.27. The number of nitro benzene ring substituents is 1. The second kappa shape index (κ2) is 7.93. The first-order chi connectivity index (χ1) is 12.7. The summed E-state index contributed by atoms with van der Waals surface area (Å²) in [6.45, 7) is 0. The lowest BCUT2D eigenvalue weighted by Crippen LogP contribution is -2.24. The molecule has 11 heteroatoms. The molecule has 2 amide bonds. The van der Waals surface area contributed by atoms with Gasteiger partial charge in [-0.25, -0.2) is 13.1 Å². The molecule has 0 atom stereocenters.